The maximum atomic E-state index is 11.6. The number of carbonyl (C=O) groups is 1. The molecule has 1 aromatic carbocycles. The van der Waals surface area contributed by atoms with Crippen LogP contribution in [-0.4, -0.2) is 32.4 Å². The zero-order chi connectivity index (χ0) is 15.0. The molecule has 1 rings (SSSR count). The van der Waals surface area contributed by atoms with Gasteiger partial charge in [0.05, 0.1) is 5.75 Å². The lowest BCUT2D eigenvalue weighted by atomic mass is 10.0. The van der Waals surface area contributed by atoms with Gasteiger partial charge in [-0.3, -0.25) is 4.79 Å². The third-order valence-electron chi connectivity index (χ3n) is 3.09. The first-order chi connectivity index (χ1) is 9.44. The molecule has 6 heteroatoms. The van der Waals surface area contributed by atoms with E-state index < -0.39 is 9.84 Å². The largest absolute Gasteiger partial charge is 0.355 e. The van der Waals surface area contributed by atoms with E-state index in [2.05, 4.69) is 5.32 Å². The van der Waals surface area contributed by atoms with E-state index in [-0.39, 0.29) is 30.0 Å². The van der Waals surface area contributed by atoms with Crippen molar-refractivity contribution in [1.82, 2.24) is 5.32 Å². The summed E-state index contributed by atoms with van der Waals surface area (Å²) < 4.78 is 22.5. The predicted octanol–water partition coefficient (Wildman–Crippen LogP) is 1.02. The Morgan fingerprint density at radius 2 is 1.95 bits per heavy atom. The molecule has 1 unspecified atom stereocenters. The summed E-state index contributed by atoms with van der Waals surface area (Å²) in [7, 11) is -3.03. The summed E-state index contributed by atoms with van der Waals surface area (Å²) in [4.78, 5) is 11.6. The number of carbonyl (C=O) groups excluding carboxylic acids is 1. The van der Waals surface area contributed by atoms with Gasteiger partial charge in [0, 0.05) is 24.8 Å². The number of amides is 1. The number of nitrogens with two attached hydrogens (primary N) is 1. The molecule has 0 spiro atoms. The topological polar surface area (TPSA) is 89.3 Å². The molecule has 5 nitrogen and oxygen atoms in total. The van der Waals surface area contributed by atoms with E-state index in [9.17, 15) is 13.2 Å². The second kappa shape index (κ2) is 8.01. The molecule has 0 heterocycles. The van der Waals surface area contributed by atoms with Crippen LogP contribution in [0.4, 0.5) is 0 Å². The zero-order valence-corrected chi connectivity index (χ0v) is 12.5. The van der Waals surface area contributed by atoms with Gasteiger partial charge in [0.1, 0.15) is 0 Å². The third kappa shape index (κ3) is 6.16. The average Bonchev–Trinajstić information content (AvgIpc) is 2.45. The maximum Gasteiger partial charge on any atom is 0.220 e. The van der Waals surface area contributed by atoms with Crippen LogP contribution in [0.5, 0.6) is 0 Å². The van der Waals surface area contributed by atoms with Gasteiger partial charge in [0.15, 0.2) is 9.84 Å². The first-order valence-corrected chi connectivity index (χ1v) is 8.54. The highest BCUT2D eigenvalue weighted by Gasteiger charge is 2.10. The Labute approximate surface area is 120 Å². The maximum absolute atomic E-state index is 11.6. The highest BCUT2D eigenvalue weighted by molar-refractivity contribution is 7.91. The van der Waals surface area contributed by atoms with Gasteiger partial charge in [0.25, 0.3) is 0 Å². The van der Waals surface area contributed by atoms with Crippen molar-refractivity contribution in [2.45, 2.75) is 25.8 Å². The number of hydrogen-bond donors (Lipinski definition) is 2. The van der Waals surface area contributed by atoms with E-state index in [0.717, 1.165) is 5.56 Å². The second-order valence-corrected chi connectivity index (χ2v) is 7.11. The lowest BCUT2D eigenvalue weighted by Gasteiger charge is -2.11. The predicted molar refractivity (Wildman–Crippen MR) is 79.9 cm³/mol. The van der Waals surface area contributed by atoms with Gasteiger partial charge in [-0.15, -0.1) is 0 Å². The highest BCUT2D eigenvalue weighted by atomic mass is 32.2. The molecule has 0 aliphatic rings. The Morgan fingerprint density at radius 1 is 1.30 bits per heavy atom. The average molecular weight is 298 g/mol. The number of sulfone groups is 1. The van der Waals surface area contributed by atoms with Gasteiger partial charge in [-0.05, 0) is 12.0 Å². The monoisotopic (exact) mass is 298 g/mol. The summed E-state index contributed by atoms with van der Waals surface area (Å²) in [6, 6.07) is 9.40. The first-order valence-electron chi connectivity index (χ1n) is 6.72. The van der Waals surface area contributed by atoms with Crippen molar-refractivity contribution in [3.05, 3.63) is 35.9 Å². The van der Waals surface area contributed by atoms with Gasteiger partial charge in [-0.2, -0.15) is 0 Å². The van der Waals surface area contributed by atoms with E-state index in [1.807, 2.05) is 30.3 Å². The van der Waals surface area contributed by atoms with Crippen LogP contribution in [0.1, 0.15) is 31.4 Å². The van der Waals surface area contributed by atoms with E-state index in [0.29, 0.717) is 12.8 Å². The van der Waals surface area contributed by atoms with Crippen molar-refractivity contribution in [3.63, 3.8) is 0 Å². The van der Waals surface area contributed by atoms with E-state index in [4.69, 9.17) is 5.73 Å². The molecule has 0 fully saturated rings. The van der Waals surface area contributed by atoms with Gasteiger partial charge in [-0.25, -0.2) is 8.42 Å². The Balaban J connectivity index is 2.27. The van der Waals surface area contributed by atoms with Crippen LogP contribution in [0, 0.1) is 0 Å². The number of nitrogens with one attached hydrogen (secondary N) is 1. The second-order valence-electron chi connectivity index (χ2n) is 4.64. The third-order valence-corrected chi connectivity index (χ3v) is 4.79. The van der Waals surface area contributed by atoms with Crippen LogP contribution in [0.3, 0.4) is 0 Å². The SMILES string of the molecule is CCS(=O)(=O)CCNC(=O)CCC(N)c1ccccc1. The normalized spacial score (nSPS) is 12.9. The lowest BCUT2D eigenvalue weighted by Crippen LogP contribution is -2.30. The molecule has 0 aliphatic carbocycles. The van der Waals surface area contributed by atoms with Crippen molar-refractivity contribution in [2.75, 3.05) is 18.1 Å². The molecular weight excluding hydrogens is 276 g/mol. The fraction of sp³-hybridized carbons (Fsp3) is 0.500. The van der Waals surface area contributed by atoms with Crippen molar-refractivity contribution in [3.8, 4) is 0 Å². The molecular formula is C14H22N2O3S. The summed E-state index contributed by atoms with van der Waals surface area (Å²) in [5, 5.41) is 2.61. The zero-order valence-electron chi connectivity index (χ0n) is 11.7. The number of hydrogen-bond acceptors (Lipinski definition) is 4. The quantitative estimate of drug-likeness (QED) is 0.750. The molecule has 0 aromatic heterocycles. The summed E-state index contributed by atoms with van der Waals surface area (Å²) in [6.45, 7) is 1.76. The number of benzene rings is 1. The van der Waals surface area contributed by atoms with Gasteiger partial charge >= 0.3 is 0 Å². The Bertz CT molecular complexity index is 514. The van der Waals surface area contributed by atoms with Crippen LogP contribution in [0.15, 0.2) is 30.3 Å². The Kier molecular flexibility index (Phi) is 6.67. The molecule has 112 valence electrons. The molecule has 0 radical (unpaired) electrons. The Morgan fingerprint density at radius 3 is 2.55 bits per heavy atom. The smallest absolute Gasteiger partial charge is 0.220 e. The van der Waals surface area contributed by atoms with Crippen LogP contribution < -0.4 is 11.1 Å². The fourth-order valence-electron chi connectivity index (χ4n) is 1.73. The van der Waals surface area contributed by atoms with Crippen LogP contribution in [0.25, 0.3) is 0 Å². The van der Waals surface area contributed by atoms with Crippen molar-refractivity contribution < 1.29 is 13.2 Å². The van der Waals surface area contributed by atoms with Crippen molar-refractivity contribution in [2.24, 2.45) is 5.73 Å². The molecule has 1 aromatic rings. The summed E-state index contributed by atoms with van der Waals surface area (Å²) in [6.07, 6.45) is 0.832. The molecule has 0 saturated carbocycles. The Hall–Kier alpha value is -1.40. The van der Waals surface area contributed by atoms with E-state index >= 15 is 0 Å². The lowest BCUT2D eigenvalue weighted by molar-refractivity contribution is -0.121. The fourth-order valence-corrected chi connectivity index (χ4v) is 2.43. The molecule has 20 heavy (non-hydrogen) atoms. The first kappa shape index (κ1) is 16.7. The number of rotatable bonds is 8. The molecule has 1 amide bonds. The highest BCUT2D eigenvalue weighted by Crippen LogP contribution is 2.14. The van der Waals surface area contributed by atoms with Crippen LogP contribution in [-0.2, 0) is 14.6 Å². The molecule has 0 bridgehead atoms. The molecule has 3 N–H and O–H groups in total. The van der Waals surface area contributed by atoms with Crippen molar-refractivity contribution >= 4 is 15.7 Å². The minimum absolute atomic E-state index is 0.0139. The van der Waals surface area contributed by atoms with Gasteiger partial charge in [0.2, 0.25) is 5.91 Å². The summed E-state index contributed by atoms with van der Waals surface area (Å²) in [5.41, 5.74) is 6.98. The summed E-state index contributed by atoms with van der Waals surface area (Å²) >= 11 is 0. The van der Waals surface area contributed by atoms with E-state index in [1.165, 1.54) is 0 Å². The van der Waals surface area contributed by atoms with Gasteiger partial charge < -0.3 is 11.1 Å². The molecule has 0 saturated heterocycles. The van der Waals surface area contributed by atoms with E-state index in [1.54, 1.807) is 6.92 Å². The van der Waals surface area contributed by atoms with Gasteiger partial charge in [-0.1, -0.05) is 37.3 Å². The van der Waals surface area contributed by atoms with Crippen molar-refractivity contribution in [1.29, 1.82) is 0 Å². The minimum atomic E-state index is -3.03. The summed E-state index contributed by atoms with van der Waals surface area (Å²) in [5.74, 6) is -0.0791. The molecule has 1 atom stereocenters. The standard InChI is InChI=1S/C14H22N2O3S/c1-2-20(18,19)11-10-16-14(17)9-8-13(15)12-6-4-3-5-7-12/h3-7,13H,2,8-11,15H2,1H3,(H,16,17). The van der Waals surface area contributed by atoms with Crippen LogP contribution >= 0.6 is 0 Å². The minimum Gasteiger partial charge on any atom is -0.355 e. The molecule has 0 aliphatic heterocycles. The van der Waals surface area contributed by atoms with Crippen LogP contribution in [0.2, 0.25) is 0 Å².